The summed E-state index contributed by atoms with van der Waals surface area (Å²) in [5.41, 5.74) is 8.94. The number of benzene rings is 2. The molecular weight excluding hydrogens is 434 g/mol. The Morgan fingerprint density at radius 3 is 2.35 bits per heavy atom. The Morgan fingerprint density at radius 1 is 0.941 bits per heavy atom. The van der Waals surface area contributed by atoms with Crippen molar-refractivity contribution in [1.82, 2.24) is 29.6 Å². The molecule has 3 heterocycles. The molecule has 4 aromatic rings. The van der Waals surface area contributed by atoms with Crippen LogP contribution in [0, 0.1) is 0 Å². The SMILES string of the molecule is COc1cc2ncnc(-n3nc(Nc4ccc(N5CCN(C)CC5)cc4)nc3N)c2cc1OC. The summed E-state index contributed by atoms with van der Waals surface area (Å²) in [6.07, 6.45) is 1.45. The lowest BCUT2D eigenvalue weighted by atomic mass is 10.2. The number of nitrogen functional groups attached to an aromatic ring is 1. The standard InChI is InChI=1S/C23H27N9O2/c1-30-8-10-31(11-9-30)16-6-4-15(5-7-16)27-23-28-22(24)32(29-23)21-17-12-19(33-2)20(34-3)13-18(17)25-14-26-21/h4-7,12-14H,8-11H2,1-3H3,(H3,24,27,28,29). The fourth-order valence-electron chi connectivity index (χ4n) is 4.02. The molecule has 1 aliphatic rings. The van der Waals surface area contributed by atoms with Crippen molar-refractivity contribution >= 4 is 34.2 Å². The van der Waals surface area contributed by atoms with E-state index in [2.05, 4.69) is 54.3 Å². The van der Waals surface area contributed by atoms with Crippen LogP contribution >= 0.6 is 0 Å². The highest BCUT2D eigenvalue weighted by atomic mass is 16.5. The van der Waals surface area contributed by atoms with Gasteiger partial charge in [-0.15, -0.1) is 5.10 Å². The number of fused-ring (bicyclic) bond motifs is 1. The van der Waals surface area contributed by atoms with Crippen LogP contribution in [0.15, 0.2) is 42.7 Å². The molecule has 2 aromatic heterocycles. The summed E-state index contributed by atoms with van der Waals surface area (Å²) >= 11 is 0. The van der Waals surface area contributed by atoms with Gasteiger partial charge in [0.1, 0.15) is 6.33 Å². The van der Waals surface area contributed by atoms with Crippen LogP contribution in [0.25, 0.3) is 16.7 Å². The minimum absolute atomic E-state index is 0.200. The lowest BCUT2D eigenvalue weighted by Gasteiger charge is -2.34. The first-order chi connectivity index (χ1) is 16.6. The second kappa shape index (κ2) is 9.02. The topological polar surface area (TPSA) is 119 Å². The molecule has 0 saturated carbocycles. The number of hydrogen-bond donors (Lipinski definition) is 2. The van der Waals surface area contributed by atoms with E-state index < -0.39 is 0 Å². The number of anilines is 4. The summed E-state index contributed by atoms with van der Waals surface area (Å²) in [7, 11) is 5.31. The maximum absolute atomic E-state index is 6.20. The molecule has 0 amide bonds. The fraction of sp³-hybridized carbons (Fsp3) is 0.304. The molecular formula is C23H27N9O2. The maximum Gasteiger partial charge on any atom is 0.248 e. The molecule has 1 aliphatic heterocycles. The average Bonchev–Trinajstić information content (AvgIpc) is 3.23. The third kappa shape index (κ3) is 4.13. The highest BCUT2D eigenvalue weighted by Crippen LogP contribution is 2.33. The van der Waals surface area contributed by atoms with E-state index in [1.165, 1.54) is 16.7 Å². The molecule has 5 rings (SSSR count). The van der Waals surface area contributed by atoms with Crippen molar-refractivity contribution in [3.63, 3.8) is 0 Å². The Balaban J connectivity index is 1.40. The molecule has 0 bridgehead atoms. The zero-order chi connectivity index (χ0) is 23.7. The van der Waals surface area contributed by atoms with Gasteiger partial charge < -0.3 is 30.3 Å². The van der Waals surface area contributed by atoms with Gasteiger partial charge in [0.2, 0.25) is 11.9 Å². The van der Waals surface area contributed by atoms with Crippen LogP contribution in [0.1, 0.15) is 0 Å². The molecule has 0 atom stereocenters. The van der Waals surface area contributed by atoms with Gasteiger partial charge in [-0.05, 0) is 37.4 Å². The second-order valence-electron chi connectivity index (χ2n) is 8.09. The van der Waals surface area contributed by atoms with Gasteiger partial charge >= 0.3 is 0 Å². The Morgan fingerprint density at radius 2 is 1.65 bits per heavy atom. The molecule has 34 heavy (non-hydrogen) atoms. The number of aromatic nitrogens is 5. The minimum atomic E-state index is 0.200. The van der Waals surface area contributed by atoms with Crippen LogP contribution in [0.5, 0.6) is 11.5 Å². The van der Waals surface area contributed by atoms with Crippen LogP contribution in [0.3, 0.4) is 0 Å². The van der Waals surface area contributed by atoms with E-state index in [1.807, 2.05) is 12.1 Å². The number of hydrogen-bond acceptors (Lipinski definition) is 10. The summed E-state index contributed by atoms with van der Waals surface area (Å²) in [6, 6.07) is 11.8. The first kappa shape index (κ1) is 21.7. The van der Waals surface area contributed by atoms with Crippen LogP contribution < -0.4 is 25.4 Å². The molecule has 11 heteroatoms. The van der Waals surface area contributed by atoms with Crippen LogP contribution in [-0.4, -0.2) is 77.1 Å². The van der Waals surface area contributed by atoms with Crippen molar-refractivity contribution in [2.75, 3.05) is 63.4 Å². The quantitative estimate of drug-likeness (QED) is 0.443. The van der Waals surface area contributed by atoms with Crippen molar-refractivity contribution in [2.45, 2.75) is 0 Å². The Bertz CT molecular complexity index is 1300. The van der Waals surface area contributed by atoms with E-state index >= 15 is 0 Å². The van der Waals surface area contributed by atoms with Gasteiger partial charge in [-0.1, -0.05) is 0 Å². The highest BCUT2D eigenvalue weighted by Gasteiger charge is 2.17. The fourth-order valence-corrected chi connectivity index (χ4v) is 4.02. The molecule has 176 valence electrons. The number of methoxy groups -OCH3 is 2. The molecule has 11 nitrogen and oxygen atoms in total. The van der Waals surface area contributed by atoms with Crippen molar-refractivity contribution in [2.24, 2.45) is 0 Å². The molecule has 0 spiro atoms. The lowest BCUT2D eigenvalue weighted by Crippen LogP contribution is -2.44. The zero-order valence-corrected chi connectivity index (χ0v) is 19.4. The summed E-state index contributed by atoms with van der Waals surface area (Å²) < 4.78 is 12.3. The smallest absolute Gasteiger partial charge is 0.248 e. The number of ether oxygens (including phenoxy) is 2. The van der Waals surface area contributed by atoms with Crippen LogP contribution in [-0.2, 0) is 0 Å². The number of nitrogens with one attached hydrogen (secondary N) is 1. The second-order valence-corrected chi connectivity index (χ2v) is 8.09. The average molecular weight is 462 g/mol. The van der Waals surface area contributed by atoms with Gasteiger partial charge in [-0.2, -0.15) is 9.67 Å². The Labute approximate surface area is 197 Å². The van der Waals surface area contributed by atoms with E-state index in [1.54, 1.807) is 26.4 Å². The zero-order valence-electron chi connectivity index (χ0n) is 19.4. The monoisotopic (exact) mass is 461 g/mol. The number of nitrogens with two attached hydrogens (primary N) is 1. The summed E-state index contributed by atoms with van der Waals surface area (Å²) in [4.78, 5) is 17.8. The third-order valence-electron chi connectivity index (χ3n) is 5.94. The molecule has 0 unspecified atom stereocenters. The normalized spacial score (nSPS) is 14.4. The largest absolute Gasteiger partial charge is 0.493 e. The van der Waals surface area contributed by atoms with Crippen molar-refractivity contribution < 1.29 is 9.47 Å². The van der Waals surface area contributed by atoms with Crippen LogP contribution in [0.2, 0.25) is 0 Å². The number of rotatable bonds is 6. The van der Waals surface area contributed by atoms with Gasteiger partial charge in [0.25, 0.3) is 0 Å². The molecule has 1 saturated heterocycles. The predicted molar refractivity (Wildman–Crippen MR) is 131 cm³/mol. The number of nitrogens with zero attached hydrogens (tertiary/aromatic N) is 7. The van der Waals surface area contributed by atoms with Gasteiger partial charge in [-0.25, -0.2) is 9.97 Å². The molecule has 2 aromatic carbocycles. The molecule has 0 radical (unpaired) electrons. The van der Waals surface area contributed by atoms with Gasteiger partial charge in [0.05, 0.1) is 19.7 Å². The number of piperazine rings is 1. The molecule has 1 fully saturated rings. The summed E-state index contributed by atoms with van der Waals surface area (Å²) in [5.74, 6) is 2.20. The van der Waals surface area contributed by atoms with E-state index in [-0.39, 0.29) is 5.95 Å². The summed E-state index contributed by atoms with van der Waals surface area (Å²) in [5, 5.41) is 8.47. The van der Waals surface area contributed by atoms with E-state index in [9.17, 15) is 0 Å². The van der Waals surface area contributed by atoms with Gasteiger partial charge in [0.15, 0.2) is 17.3 Å². The van der Waals surface area contributed by atoms with E-state index in [4.69, 9.17) is 15.2 Å². The minimum Gasteiger partial charge on any atom is -0.493 e. The maximum atomic E-state index is 6.20. The predicted octanol–water partition coefficient (Wildman–Crippen LogP) is 2.31. The molecule has 3 N–H and O–H groups in total. The third-order valence-corrected chi connectivity index (χ3v) is 5.94. The first-order valence-corrected chi connectivity index (χ1v) is 11.0. The summed E-state index contributed by atoms with van der Waals surface area (Å²) in [6.45, 7) is 4.18. The number of likely N-dealkylation sites (N-methyl/N-ethyl adjacent to an activating group) is 1. The lowest BCUT2D eigenvalue weighted by molar-refractivity contribution is 0.313. The first-order valence-electron chi connectivity index (χ1n) is 11.0. The van der Waals surface area contributed by atoms with Crippen molar-refractivity contribution in [3.05, 3.63) is 42.7 Å². The van der Waals surface area contributed by atoms with Gasteiger partial charge in [-0.3, -0.25) is 0 Å². The highest BCUT2D eigenvalue weighted by molar-refractivity contribution is 5.88. The Hall–Kier alpha value is -4.12. The molecule has 0 aliphatic carbocycles. The van der Waals surface area contributed by atoms with Crippen molar-refractivity contribution in [1.29, 1.82) is 0 Å². The van der Waals surface area contributed by atoms with Crippen molar-refractivity contribution in [3.8, 4) is 17.3 Å². The van der Waals surface area contributed by atoms with E-state index in [0.29, 0.717) is 34.2 Å². The van der Waals surface area contributed by atoms with E-state index in [0.717, 1.165) is 31.9 Å². The Kier molecular flexibility index (Phi) is 5.76. The van der Waals surface area contributed by atoms with Gasteiger partial charge in [0, 0.05) is 49.0 Å². The van der Waals surface area contributed by atoms with Crippen LogP contribution in [0.4, 0.5) is 23.3 Å².